The van der Waals surface area contributed by atoms with Crippen LogP contribution in [-0.2, 0) is 11.3 Å². The van der Waals surface area contributed by atoms with Gasteiger partial charge in [0.05, 0.1) is 30.3 Å². The van der Waals surface area contributed by atoms with Crippen LogP contribution >= 0.6 is 0 Å². The van der Waals surface area contributed by atoms with Gasteiger partial charge in [0, 0.05) is 37.2 Å². The van der Waals surface area contributed by atoms with Crippen LogP contribution in [0.15, 0.2) is 36.8 Å². The lowest BCUT2D eigenvalue weighted by atomic mass is 9.61. The molecule has 1 saturated heterocycles. The maximum Gasteiger partial charge on any atom is 0.410 e. The second-order valence-electron chi connectivity index (χ2n) is 12.6. The van der Waals surface area contributed by atoms with Gasteiger partial charge in [-0.15, -0.1) is 0 Å². The van der Waals surface area contributed by atoms with E-state index in [1.54, 1.807) is 17.3 Å². The second kappa shape index (κ2) is 9.22. The number of carbonyl (C=O) groups excluding carboxylic acids is 1. The minimum atomic E-state index is -0.475. The monoisotopic (exact) mass is 531 g/mol. The van der Waals surface area contributed by atoms with Crippen molar-refractivity contribution in [1.29, 1.82) is 0 Å². The Bertz CT molecular complexity index is 1400. The molecule has 3 aliphatic rings. The summed E-state index contributed by atoms with van der Waals surface area (Å²) in [6, 6.07) is 6.76. The highest BCUT2D eigenvalue weighted by Gasteiger charge is 2.55. The summed E-state index contributed by atoms with van der Waals surface area (Å²) in [6.45, 7) is 11.4. The van der Waals surface area contributed by atoms with Crippen molar-refractivity contribution >= 4 is 11.9 Å². The molecule has 1 atom stereocenters. The summed E-state index contributed by atoms with van der Waals surface area (Å²) in [5.41, 5.74) is 10.2. The molecule has 1 amide bonds. The third-order valence-electron chi connectivity index (χ3n) is 7.97. The SMILES string of the molecule is CC1CN(C)Cc2cc(-c3cnc(N)c(Oc4cnn(C5CC6(C5)CN(C(=O)OC(C)(C)C)C6)c4)n3)ccc21. The number of rotatable bonds is 4. The van der Waals surface area contributed by atoms with Crippen molar-refractivity contribution in [2.75, 3.05) is 32.4 Å². The van der Waals surface area contributed by atoms with Crippen LogP contribution in [0.3, 0.4) is 0 Å². The number of likely N-dealkylation sites (tertiary alicyclic amines) is 1. The number of amides is 1. The van der Waals surface area contributed by atoms with Gasteiger partial charge < -0.3 is 25.0 Å². The smallest absolute Gasteiger partial charge is 0.410 e. The number of nitrogen functional groups attached to an aromatic ring is 1. The first-order valence-electron chi connectivity index (χ1n) is 13.6. The van der Waals surface area contributed by atoms with Crippen molar-refractivity contribution in [1.82, 2.24) is 29.5 Å². The molecule has 1 spiro atoms. The highest BCUT2D eigenvalue weighted by atomic mass is 16.6. The van der Waals surface area contributed by atoms with Crippen LogP contribution in [0.25, 0.3) is 11.3 Å². The van der Waals surface area contributed by atoms with Crippen molar-refractivity contribution in [2.45, 2.75) is 64.6 Å². The summed E-state index contributed by atoms with van der Waals surface area (Å²) >= 11 is 0. The lowest BCUT2D eigenvalue weighted by Crippen LogP contribution is -2.64. The van der Waals surface area contributed by atoms with E-state index in [4.69, 9.17) is 20.2 Å². The summed E-state index contributed by atoms with van der Waals surface area (Å²) < 4.78 is 13.5. The molecule has 39 heavy (non-hydrogen) atoms. The normalized spacial score (nSPS) is 20.7. The Hall–Kier alpha value is -3.66. The largest absolute Gasteiger partial charge is 0.444 e. The fraction of sp³-hybridized carbons (Fsp3) is 0.517. The molecule has 2 aromatic heterocycles. The molecule has 1 unspecified atom stereocenters. The number of carbonyl (C=O) groups is 1. The van der Waals surface area contributed by atoms with E-state index >= 15 is 0 Å². The van der Waals surface area contributed by atoms with Crippen molar-refractivity contribution in [3.8, 4) is 22.9 Å². The van der Waals surface area contributed by atoms with E-state index in [0.717, 1.165) is 50.3 Å². The molecular weight excluding hydrogens is 494 g/mol. The number of anilines is 1. The van der Waals surface area contributed by atoms with Crippen LogP contribution in [0.2, 0.25) is 0 Å². The Labute approximate surface area is 229 Å². The molecule has 6 rings (SSSR count). The molecule has 2 fully saturated rings. The van der Waals surface area contributed by atoms with Gasteiger partial charge in [-0.25, -0.2) is 14.8 Å². The Morgan fingerprint density at radius 3 is 2.69 bits per heavy atom. The van der Waals surface area contributed by atoms with Crippen molar-refractivity contribution in [2.24, 2.45) is 5.41 Å². The Morgan fingerprint density at radius 2 is 1.95 bits per heavy atom. The van der Waals surface area contributed by atoms with Crippen molar-refractivity contribution < 1.29 is 14.3 Å². The number of likely N-dealkylation sites (N-methyl/N-ethyl adjacent to an activating group) is 1. The lowest BCUT2D eigenvalue weighted by molar-refractivity contribution is -0.0927. The molecular formula is C29H37N7O3. The topological polar surface area (TPSA) is 112 Å². The van der Waals surface area contributed by atoms with Gasteiger partial charge in [0.25, 0.3) is 5.88 Å². The zero-order valence-electron chi connectivity index (χ0n) is 23.3. The van der Waals surface area contributed by atoms with Crippen LogP contribution in [-0.4, -0.2) is 67.9 Å². The van der Waals surface area contributed by atoms with Crippen LogP contribution in [0.4, 0.5) is 10.6 Å². The van der Waals surface area contributed by atoms with Crippen molar-refractivity contribution in [3.63, 3.8) is 0 Å². The summed E-state index contributed by atoms with van der Waals surface area (Å²) in [7, 11) is 2.15. The van der Waals surface area contributed by atoms with Gasteiger partial charge in [0.1, 0.15) is 5.60 Å². The number of benzene rings is 1. The average molecular weight is 532 g/mol. The molecule has 2 aliphatic heterocycles. The van der Waals surface area contributed by atoms with Gasteiger partial charge in [-0.05, 0) is 63.8 Å². The first-order chi connectivity index (χ1) is 18.5. The van der Waals surface area contributed by atoms with Gasteiger partial charge in [0.2, 0.25) is 0 Å². The Morgan fingerprint density at radius 1 is 1.18 bits per heavy atom. The quantitative estimate of drug-likeness (QED) is 0.509. The summed E-state index contributed by atoms with van der Waals surface area (Å²) in [4.78, 5) is 25.5. The molecule has 0 bridgehead atoms. The molecule has 0 radical (unpaired) electrons. The van der Waals surface area contributed by atoms with Gasteiger partial charge in [-0.2, -0.15) is 5.10 Å². The van der Waals surface area contributed by atoms with Crippen LogP contribution < -0.4 is 10.5 Å². The average Bonchev–Trinajstić information content (AvgIpc) is 3.25. The standard InChI is InChI=1S/C29H37N7O3/c1-18-13-34(5)14-20-8-19(6-7-23(18)20)24-12-31-25(30)26(33-24)38-22-11-32-36(15-22)21-9-29(10-21)16-35(17-29)27(37)39-28(2,3)4/h6-8,11-12,15,18,21H,9-10,13-14,16-17H2,1-5H3,(H2,30,31). The fourth-order valence-corrected chi connectivity index (χ4v) is 6.19. The molecule has 3 aromatic rings. The van der Waals surface area contributed by atoms with Crippen LogP contribution in [0.5, 0.6) is 11.6 Å². The van der Waals surface area contributed by atoms with Gasteiger partial charge in [0.15, 0.2) is 11.6 Å². The molecule has 1 saturated carbocycles. The minimum absolute atomic E-state index is 0.167. The number of nitrogens with zero attached hydrogens (tertiary/aromatic N) is 6. The fourth-order valence-electron chi connectivity index (χ4n) is 6.19. The summed E-state index contributed by atoms with van der Waals surface area (Å²) in [5, 5.41) is 4.53. The molecule has 1 aliphatic carbocycles. The van der Waals surface area contributed by atoms with Gasteiger partial charge >= 0.3 is 6.09 Å². The highest BCUT2D eigenvalue weighted by Crippen LogP contribution is 2.54. The van der Waals surface area contributed by atoms with E-state index in [1.807, 2.05) is 31.6 Å². The maximum absolute atomic E-state index is 12.3. The predicted octanol–water partition coefficient (Wildman–Crippen LogP) is 4.84. The van der Waals surface area contributed by atoms with Crippen molar-refractivity contribution in [3.05, 3.63) is 47.9 Å². The molecule has 10 heteroatoms. The number of aromatic nitrogens is 4. The van der Waals surface area contributed by atoms with Gasteiger partial charge in [-0.3, -0.25) is 4.68 Å². The first-order valence-corrected chi connectivity index (χ1v) is 13.6. The van der Waals surface area contributed by atoms with Gasteiger partial charge in [-0.1, -0.05) is 19.1 Å². The van der Waals surface area contributed by atoms with E-state index in [9.17, 15) is 4.79 Å². The van der Waals surface area contributed by atoms with E-state index in [1.165, 1.54) is 11.1 Å². The minimum Gasteiger partial charge on any atom is -0.444 e. The van der Waals surface area contributed by atoms with Crippen LogP contribution in [0.1, 0.15) is 63.6 Å². The highest BCUT2D eigenvalue weighted by molar-refractivity contribution is 5.69. The predicted molar refractivity (Wildman–Crippen MR) is 147 cm³/mol. The van der Waals surface area contributed by atoms with E-state index in [0.29, 0.717) is 11.7 Å². The number of hydrogen-bond acceptors (Lipinski definition) is 8. The van der Waals surface area contributed by atoms with E-state index < -0.39 is 5.60 Å². The molecule has 4 heterocycles. The van der Waals surface area contributed by atoms with Crippen LogP contribution in [0, 0.1) is 5.41 Å². The number of hydrogen-bond donors (Lipinski definition) is 1. The second-order valence-corrected chi connectivity index (χ2v) is 12.6. The molecule has 10 nitrogen and oxygen atoms in total. The van der Waals surface area contributed by atoms with E-state index in [-0.39, 0.29) is 29.2 Å². The summed E-state index contributed by atoms with van der Waals surface area (Å²) in [6.07, 6.45) is 6.96. The lowest BCUT2D eigenvalue weighted by Gasteiger charge is -2.58. The van der Waals surface area contributed by atoms with E-state index in [2.05, 4.69) is 47.2 Å². The Balaban J connectivity index is 1.09. The number of nitrogens with two attached hydrogens (primary N) is 1. The summed E-state index contributed by atoms with van der Waals surface area (Å²) in [5.74, 6) is 1.57. The maximum atomic E-state index is 12.3. The third-order valence-corrected chi connectivity index (χ3v) is 7.97. The Kier molecular flexibility index (Phi) is 6.05. The zero-order valence-corrected chi connectivity index (χ0v) is 23.3. The molecule has 2 N–H and O–H groups in total. The number of ether oxygens (including phenoxy) is 2. The molecule has 1 aromatic carbocycles. The first kappa shape index (κ1) is 25.6. The number of fused-ring (bicyclic) bond motifs is 1. The molecule has 206 valence electrons. The third kappa shape index (κ3) is 5.05. The zero-order chi connectivity index (χ0) is 27.5.